The van der Waals surface area contributed by atoms with Gasteiger partial charge in [-0.15, -0.1) is 0 Å². The van der Waals surface area contributed by atoms with Crippen LogP contribution in [0.4, 0.5) is 0 Å². The molecule has 0 aromatic heterocycles. The van der Waals surface area contributed by atoms with Gasteiger partial charge in [0.1, 0.15) is 24.1 Å². The number of carboxylic acid groups (broad SMARTS) is 1. The van der Waals surface area contributed by atoms with Gasteiger partial charge in [-0.1, -0.05) is 6.92 Å². The van der Waals surface area contributed by atoms with Crippen LogP contribution in [0.1, 0.15) is 13.3 Å². The zero-order chi connectivity index (χ0) is 14.5. The maximum atomic E-state index is 11.2. The predicted molar refractivity (Wildman–Crippen MR) is 75.3 cm³/mol. The Bertz CT molecular complexity index is 446. The number of nitrogens with zero attached hydrogens (tertiary/aromatic N) is 1. The predicted octanol–water partition coefficient (Wildman–Crippen LogP) is 1.87. The molecule has 0 amide bonds. The minimum absolute atomic E-state index is 0.202. The number of benzene rings is 1. The average Bonchev–Trinajstić information content (AvgIpc) is 2.81. The molecule has 1 aromatic carbocycles. The third-order valence-electron chi connectivity index (χ3n) is 3.76. The van der Waals surface area contributed by atoms with Crippen LogP contribution in [0.3, 0.4) is 0 Å². The molecule has 110 valence electrons. The van der Waals surface area contributed by atoms with E-state index in [1.165, 1.54) is 0 Å². The van der Waals surface area contributed by atoms with E-state index in [0.29, 0.717) is 13.2 Å². The van der Waals surface area contributed by atoms with Crippen molar-refractivity contribution in [2.45, 2.75) is 19.4 Å². The molecule has 1 N–H and O–H groups in total. The van der Waals surface area contributed by atoms with Gasteiger partial charge in [0.05, 0.1) is 7.11 Å². The quantitative estimate of drug-likeness (QED) is 0.861. The molecule has 1 aliphatic rings. The zero-order valence-electron chi connectivity index (χ0n) is 11.9. The van der Waals surface area contributed by atoms with E-state index < -0.39 is 5.97 Å². The van der Waals surface area contributed by atoms with Gasteiger partial charge in [0.25, 0.3) is 0 Å². The molecular weight excluding hydrogens is 258 g/mol. The molecule has 0 aliphatic carbocycles. The fourth-order valence-electron chi connectivity index (χ4n) is 2.63. The van der Waals surface area contributed by atoms with Crippen molar-refractivity contribution in [2.24, 2.45) is 5.92 Å². The number of ether oxygens (including phenoxy) is 2. The summed E-state index contributed by atoms with van der Waals surface area (Å²) in [6.07, 6.45) is 0.930. The number of carbonyl (C=O) groups is 1. The summed E-state index contributed by atoms with van der Waals surface area (Å²) in [6, 6.07) is 7.00. The Morgan fingerprint density at radius 1 is 1.35 bits per heavy atom. The Hall–Kier alpha value is -1.75. The Kier molecular flexibility index (Phi) is 4.84. The second kappa shape index (κ2) is 6.61. The van der Waals surface area contributed by atoms with Gasteiger partial charge in [-0.05, 0) is 43.1 Å². The number of methoxy groups -OCH3 is 1. The first-order valence-corrected chi connectivity index (χ1v) is 6.85. The highest BCUT2D eigenvalue weighted by Crippen LogP contribution is 2.24. The SMILES string of the molecule is COc1ccc(OCCN2CCC(C)C2C(=O)O)cc1. The highest BCUT2D eigenvalue weighted by atomic mass is 16.5. The number of aliphatic carboxylic acids is 1. The maximum Gasteiger partial charge on any atom is 0.321 e. The molecule has 1 fully saturated rings. The molecule has 1 saturated heterocycles. The van der Waals surface area contributed by atoms with E-state index in [1.807, 2.05) is 36.1 Å². The number of likely N-dealkylation sites (tertiary alicyclic amines) is 1. The smallest absolute Gasteiger partial charge is 0.321 e. The monoisotopic (exact) mass is 279 g/mol. The van der Waals surface area contributed by atoms with Gasteiger partial charge in [-0.25, -0.2) is 0 Å². The Morgan fingerprint density at radius 3 is 2.60 bits per heavy atom. The van der Waals surface area contributed by atoms with Gasteiger partial charge in [0.2, 0.25) is 0 Å². The van der Waals surface area contributed by atoms with Crippen molar-refractivity contribution in [3.05, 3.63) is 24.3 Å². The number of hydrogen-bond donors (Lipinski definition) is 1. The summed E-state index contributed by atoms with van der Waals surface area (Å²) in [7, 11) is 1.62. The summed E-state index contributed by atoms with van der Waals surface area (Å²) in [5.41, 5.74) is 0. The molecule has 20 heavy (non-hydrogen) atoms. The molecular formula is C15H21NO4. The second-order valence-corrected chi connectivity index (χ2v) is 5.11. The number of rotatable bonds is 6. The summed E-state index contributed by atoms with van der Waals surface area (Å²) >= 11 is 0. The lowest BCUT2D eigenvalue weighted by atomic mass is 10.0. The lowest BCUT2D eigenvalue weighted by Crippen LogP contribution is -2.41. The summed E-state index contributed by atoms with van der Waals surface area (Å²) in [5, 5.41) is 9.23. The van der Waals surface area contributed by atoms with Crippen LogP contribution in [0.5, 0.6) is 11.5 Å². The van der Waals surface area contributed by atoms with Crippen molar-refractivity contribution in [1.29, 1.82) is 0 Å². The van der Waals surface area contributed by atoms with Crippen molar-refractivity contribution in [2.75, 3.05) is 26.8 Å². The summed E-state index contributed by atoms with van der Waals surface area (Å²) in [4.78, 5) is 13.2. The highest BCUT2D eigenvalue weighted by molar-refractivity contribution is 5.74. The summed E-state index contributed by atoms with van der Waals surface area (Å²) in [5.74, 6) is 1.02. The molecule has 2 atom stereocenters. The molecule has 5 heteroatoms. The summed E-state index contributed by atoms with van der Waals surface area (Å²) < 4.78 is 10.7. The Balaban J connectivity index is 1.81. The zero-order valence-corrected chi connectivity index (χ0v) is 11.9. The van der Waals surface area contributed by atoms with Gasteiger partial charge >= 0.3 is 5.97 Å². The van der Waals surface area contributed by atoms with Gasteiger partial charge in [0.15, 0.2) is 0 Å². The lowest BCUT2D eigenvalue weighted by Gasteiger charge is -2.22. The first kappa shape index (κ1) is 14.7. The van der Waals surface area contributed by atoms with E-state index in [0.717, 1.165) is 24.5 Å². The third-order valence-corrected chi connectivity index (χ3v) is 3.76. The van der Waals surface area contributed by atoms with Gasteiger partial charge in [-0.3, -0.25) is 9.69 Å². The van der Waals surface area contributed by atoms with Crippen molar-refractivity contribution >= 4 is 5.97 Å². The summed E-state index contributed by atoms with van der Waals surface area (Å²) in [6.45, 7) is 3.93. The topological polar surface area (TPSA) is 59.0 Å². The van der Waals surface area contributed by atoms with E-state index >= 15 is 0 Å². The van der Waals surface area contributed by atoms with Gasteiger partial charge < -0.3 is 14.6 Å². The lowest BCUT2D eigenvalue weighted by molar-refractivity contribution is -0.143. The second-order valence-electron chi connectivity index (χ2n) is 5.11. The van der Waals surface area contributed by atoms with Gasteiger partial charge in [0, 0.05) is 6.54 Å². The molecule has 0 radical (unpaired) electrons. The molecule has 5 nitrogen and oxygen atoms in total. The standard InChI is InChI=1S/C15H21NO4/c1-11-7-8-16(14(11)15(17)18)9-10-20-13-5-3-12(19-2)4-6-13/h3-6,11,14H,7-10H2,1-2H3,(H,17,18). The van der Waals surface area contributed by atoms with Crippen LogP contribution in [0.15, 0.2) is 24.3 Å². The molecule has 0 spiro atoms. The Labute approximate surface area is 119 Å². The van der Waals surface area contributed by atoms with Crippen LogP contribution in [0, 0.1) is 5.92 Å². The van der Waals surface area contributed by atoms with Crippen molar-refractivity contribution in [1.82, 2.24) is 4.90 Å². The molecule has 2 rings (SSSR count). The molecule has 0 bridgehead atoms. The van der Waals surface area contributed by atoms with Crippen LogP contribution in [-0.2, 0) is 4.79 Å². The van der Waals surface area contributed by atoms with Crippen molar-refractivity contribution in [3.63, 3.8) is 0 Å². The first-order chi connectivity index (χ1) is 9.61. The Morgan fingerprint density at radius 2 is 2.00 bits per heavy atom. The first-order valence-electron chi connectivity index (χ1n) is 6.85. The van der Waals surface area contributed by atoms with Crippen LogP contribution >= 0.6 is 0 Å². The third kappa shape index (κ3) is 3.42. The van der Waals surface area contributed by atoms with E-state index in [1.54, 1.807) is 7.11 Å². The molecule has 1 heterocycles. The largest absolute Gasteiger partial charge is 0.497 e. The van der Waals surface area contributed by atoms with Crippen LogP contribution in [0.2, 0.25) is 0 Å². The molecule has 2 unspecified atom stereocenters. The normalized spacial score (nSPS) is 22.7. The van der Waals surface area contributed by atoms with Crippen LogP contribution in [0.25, 0.3) is 0 Å². The molecule has 1 aliphatic heterocycles. The fraction of sp³-hybridized carbons (Fsp3) is 0.533. The molecule has 1 aromatic rings. The minimum Gasteiger partial charge on any atom is -0.497 e. The van der Waals surface area contributed by atoms with Gasteiger partial charge in [-0.2, -0.15) is 0 Å². The van der Waals surface area contributed by atoms with Crippen molar-refractivity contribution < 1.29 is 19.4 Å². The van der Waals surface area contributed by atoms with E-state index in [2.05, 4.69) is 0 Å². The minimum atomic E-state index is -0.737. The van der Waals surface area contributed by atoms with E-state index in [-0.39, 0.29) is 12.0 Å². The maximum absolute atomic E-state index is 11.2. The van der Waals surface area contributed by atoms with E-state index in [9.17, 15) is 9.90 Å². The van der Waals surface area contributed by atoms with Crippen molar-refractivity contribution in [3.8, 4) is 11.5 Å². The van der Waals surface area contributed by atoms with E-state index in [4.69, 9.17) is 9.47 Å². The number of hydrogen-bond acceptors (Lipinski definition) is 4. The average molecular weight is 279 g/mol. The fourth-order valence-corrected chi connectivity index (χ4v) is 2.63. The molecule has 0 saturated carbocycles. The van der Waals surface area contributed by atoms with Crippen LogP contribution < -0.4 is 9.47 Å². The number of carboxylic acids is 1. The van der Waals surface area contributed by atoms with Crippen LogP contribution in [-0.4, -0.2) is 48.8 Å². The highest BCUT2D eigenvalue weighted by Gasteiger charge is 2.36.